The Balaban J connectivity index is 1.45. The molecular weight excluding hydrogens is 366 g/mol. The highest BCUT2D eigenvalue weighted by molar-refractivity contribution is 7.99. The quantitative estimate of drug-likeness (QED) is 0.733. The number of benzene rings is 1. The number of nitrogens with zero attached hydrogens (tertiary/aromatic N) is 3. The van der Waals surface area contributed by atoms with Crippen LogP contribution in [0.4, 0.5) is 0 Å². The van der Waals surface area contributed by atoms with Crippen LogP contribution in [-0.4, -0.2) is 28.1 Å². The monoisotopic (exact) mass is 391 g/mol. The van der Waals surface area contributed by atoms with E-state index in [-0.39, 0.29) is 5.91 Å². The molecule has 0 bridgehead atoms. The van der Waals surface area contributed by atoms with E-state index in [1.165, 1.54) is 47.7 Å². The Kier molecular flexibility index (Phi) is 5.97. The number of fused-ring (bicyclic) bond motifs is 2. The van der Waals surface area contributed by atoms with Crippen LogP contribution in [0.1, 0.15) is 53.6 Å². The molecule has 1 amide bonds. The van der Waals surface area contributed by atoms with E-state index in [1.807, 2.05) is 17.0 Å². The molecule has 4 nitrogen and oxygen atoms in total. The number of pyridine rings is 1. The number of aryl methyl sites for hydroxylation is 2. The summed E-state index contributed by atoms with van der Waals surface area (Å²) in [6.45, 7) is 1.44. The molecule has 0 spiro atoms. The normalized spacial score (nSPS) is 16.3. The largest absolute Gasteiger partial charge is 0.337 e. The summed E-state index contributed by atoms with van der Waals surface area (Å²) in [4.78, 5) is 19.5. The Bertz CT molecular complexity index is 919. The Labute approximate surface area is 171 Å². The van der Waals surface area contributed by atoms with E-state index in [4.69, 9.17) is 4.98 Å². The van der Waals surface area contributed by atoms with Crippen LogP contribution in [0.5, 0.6) is 0 Å². The number of aromatic nitrogens is 1. The van der Waals surface area contributed by atoms with E-state index in [1.54, 1.807) is 0 Å². The second-order valence-corrected chi connectivity index (χ2v) is 8.56. The number of thioether (sulfide) groups is 1. The molecule has 2 heterocycles. The van der Waals surface area contributed by atoms with Crippen molar-refractivity contribution in [1.82, 2.24) is 9.88 Å². The number of carbonyl (C=O) groups is 1. The average Bonchev–Trinajstić information content (AvgIpc) is 2.72. The van der Waals surface area contributed by atoms with E-state index in [2.05, 4.69) is 24.3 Å². The van der Waals surface area contributed by atoms with Crippen LogP contribution >= 0.6 is 11.8 Å². The molecule has 0 saturated carbocycles. The third-order valence-corrected chi connectivity index (χ3v) is 6.68. The molecule has 2 aliphatic rings. The van der Waals surface area contributed by atoms with Crippen LogP contribution < -0.4 is 0 Å². The fourth-order valence-electron chi connectivity index (χ4n) is 4.09. The van der Waals surface area contributed by atoms with Crippen molar-refractivity contribution in [2.24, 2.45) is 0 Å². The van der Waals surface area contributed by atoms with Gasteiger partial charge in [0.25, 0.3) is 0 Å². The van der Waals surface area contributed by atoms with E-state index >= 15 is 0 Å². The number of rotatable bonds is 3. The molecule has 144 valence electrons. The molecule has 28 heavy (non-hydrogen) atoms. The van der Waals surface area contributed by atoms with Crippen LogP contribution in [-0.2, 0) is 30.6 Å². The molecule has 0 fully saturated rings. The minimum atomic E-state index is 0.122. The van der Waals surface area contributed by atoms with Gasteiger partial charge in [-0.1, -0.05) is 48.9 Å². The molecule has 1 aromatic carbocycles. The van der Waals surface area contributed by atoms with Crippen LogP contribution in [0.25, 0.3) is 0 Å². The second-order valence-electron chi connectivity index (χ2n) is 7.60. The number of hydrogen-bond donors (Lipinski definition) is 0. The second kappa shape index (κ2) is 8.79. The molecule has 1 aromatic heterocycles. The number of hydrogen-bond acceptors (Lipinski definition) is 4. The van der Waals surface area contributed by atoms with Gasteiger partial charge in [0.1, 0.15) is 11.1 Å². The zero-order valence-electron chi connectivity index (χ0n) is 16.1. The summed E-state index contributed by atoms with van der Waals surface area (Å²) < 4.78 is 0. The zero-order valence-corrected chi connectivity index (χ0v) is 16.9. The third-order valence-electron chi connectivity index (χ3n) is 5.70. The summed E-state index contributed by atoms with van der Waals surface area (Å²) in [5.74, 6) is 0.458. The van der Waals surface area contributed by atoms with Gasteiger partial charge in [0.05, 0.1) is 11.3 Å². The molecule has 4 rings (SSSR count). The first-order chi connectivity index (χ1) is 13.7. The highest BCUT2D eigenvalue weighted by Gasteiger charge is 2.21. The highest BCUT2D eigenvalue weighted by atomic mass is 32.2. The lowest BCUT2D eigenvalue weighted by Gasteiger charge is -2.28. The minimum Gasteiger partial charge on any atom is -0.337 e. The van der Waals surface area contributed by atoms with Gasteiger partial charge in [0.2, 0.25) is 5.91 Å². The van der Waals surface area contributed by atoms with Gasteiger partial charge in [-0.2, -0.15) is 5.26 Å². The van der Waals surface area contributed by atoms with Gasteiger partial charge in [-0.25, -0.2) is 4.98 Å². The summed E-state index contributed by atoms with van der Waals surface area (Å²) in [5, 5.41) is 10.3. The van der Waals surface area contributed by atoms with E-state index < -0.39 is 0 Å². The maximum atomic E-state index is 12.8. The molecule has 0 N–H and O–H groups in total. The third kappa shape index (κ3) is 4.23. The Morgan fingerprint density at radius 3 is 2.68 bits per heavy atom. The van der Waals surface area contributed by atoms with Gasteiger partial charge < -0.3 is 4.90 Å². The Morgan fingerprint density at radius 1 is 1.07 bits per heavy atom. The molecule has 0 atom stereocenters. The summed E-state index contributed by atoms with van der Waals surface area (Å²) in [6, 6.07) is 12.6. The predicted octanol–water partition coefficient (Wildman–Crippen LogP) is 4.29. The molecule has 0 unspecified atom stereocenters. The zero-order chi connectivity index (χ0) is 19.3. The lowest BCUT2D eigenvalue weighted by molar-refractivity contribution is -0.129. The van der Waals surface area contributed by atoms with Crippen molar-refractivity contribution in [3.8, 4) is 6.07 Å². The highest BCUT2D eigenvalue weighted by Crippen LogP contribution is 2.27. The smallest absolute Gasteiger partial charge is 0.233 e. The number of nitriles is 1. The number of amides is 1. The van der Waals surface area contributed by atoms with Gasteiger partial charge in [0, 0.05) is 18.8 Å². The topological polar surface area (TPSA) is 57.0 Å². The maximum Gasteiger partial charge on any atom is 0.233 e. The van der Waals surface area contributed by atoms with Gasteiger partial charge in [-0.3, -0.25) is 4.79 Å². The van der Waals surface area contributed by atoms with Gasteiger partial charge in [0.15, 0.2) is 0 Å². The van der Waals surface area contributed by atoms with Crippen molar-refractivity contribution in [3.05, 3.63) is 58.3 Å². The standard InChI is InChI=1S/C23H25N3OS/c24-14-20-13-18-8-3-1-2-4-10-21(18)25-23(20)28-16-22(27)26-12-11-17-7-5-6-9-19(17)15-26/h5-7,9,13H,1-4,8,10-12,15-16H2. The molecule has 1 aliphatic heterocycles. The van der Waals surface area contributed by atoms with Crippen molar-refractivity contribution in [2.45, 2.75) is 56.5 Å². The minimum absolute atomic E-state index is 0.122. The molecule has 1 aliphatic carbocycles. The van der Waals surface area contributed by atoms with Crippen molar-refractivity contribution in [2.75, 3.05) is 12.3 Å². The van der Waals surface area contributed by atoms with Crippen LogP contribution in [0.15, 0.2) is 35.4 Å². The van der Waals surface area contributed by atoms with E-state index in [0.29, 0.717) is 22.9 Å². The molecule has 5 heteroatoms. The fraction of sp³-hybridized carbons (Fsp3) is 0.435. The Morgan fingerprint density at radius 2 is 1.86 bits per heavy atom. The van der Waals surface area contributed by atoms with E-state index in [9.17, 15) is 10.1 Å². The maximum absolute atomic E-state index is 12.8. The summed E-state index contributed by atoms with van der Waals surface area (Å²) in [6.07, 6.45) is 7.72. The van der Waals surface area contributed by atoms with Crippen molar-refractivity contribution in [1.29, 1.82) is 5.26 Å². The molecular formula is C23H25N3OS. The van der Waals surface area contributed by atoms with E-state index in [0.717, 1.165) is 37.9 Å². The van der Waals surface area contributed by atoms with Crippen molar-refractivity contribution in [3.63, 3.8) is 0 Å². The average molecular weight is 392 g/mol. The summed E-state index contributed by atoms with van der Waals surface area (Å²) in [5.41, 5.74) is 5.54. The first-order valence-electron chi connectivity index (χ1n) is 10.1. The van der Waals surface area contributed by atoms with Gasteiger partial charge >= 0.3 is 0 Å². The van der Waals surface area contributed by atoms with Crippen LogP contribution in [0.2, 0.25) is 0 Å². The summed E-state index contributed by atoms with van der Waals surface area (Å²) >= 11 is 1.41. The predicted molar refractivity (Wildman–Crippen MR) is 111 cm³/mol. The molecule has 0 saturated heterocycles. The van der Waals surface area contributed by atoms with Crippen molar-refractivity contribution < 1.29 is 4.79 Å². The van der Waals surface area contributed by atoms with Crippen LogP contribution in [0.3, 0.4) is 0 Å². The SMILES string of the molecule is N#Cc1cc2c(nc1SCC(=O)N1CCc3ccccc3C1)CCCCCC2. The first-order valence-corrected chi connectivity index (χ1v) is 11.1. The van der Waals surface area contributed by atoms with Gasteiger partial charge in [-0.05, 0) is 54.9 Å². The lowest BCUT2D eigenvalue weighted by Crippen LogP contribution is -2.37. The molecule has 2 aromatic rings. The number of carbonyl (C=O) groups excluding carboxylic acids is 1. The molecule has 0 radical (unpaired) electrons. The van der Waals surface area contributed by atoms with Crippen LogP contribution in [0, 0.1) is 11.3 Å². The fourth-order valence-corrected chi connectivity index (χ4v) is 4.97. The van der Waals surface area contributed by atoms with Gasteiger partial charge in [-0.15, -0.1) is 0 Å². The Hall–Kier alpha value is -2.32. The summed E-state index contributed by atoms with van der Waals surface area (Å²) in [7, 11) is 0. The van der Waals surface area contributed by atoms with Crippen molar-refractivity contribution >= 4 is 17.7 Å². The first kappa shape index (κ1) is 19.0. The lowest BCUT2D eigenvalue weighted by atomic mass is 9.96.